The SMILES string of the molecule is CC(=O)NCc1ccc(C(=O)Cn2cnc3sc4c(c3c2=O)CC[C@@H](C)C4)cc1. The molecule has 29 heavy (non-hydrogen) atoms. The van der Waals surface area contributed by atoms with Gasteiger partial charge in [-0.25, -0.2) is 4.98 Å². The van der Waals surface area contributed by atoms with Gasteiger partial charge >= 0.3 is 0 Å². The number of aryl methyl sites for hydroxylation is 1. The Morgan fingerprint density at radius 3 is 2.76 bits per heavy atom. The molecule has 150 valence electrons. The van der Waals surface area contributed by atoms with Gasteiger partial charge in [-0.1, -0.05) is 31.2 Å². The van der Waals surface area contributed by atoms with Gasteiger partial charge < -0.3 is 5.32 Å². The third-order valence-electron chi connectivity index (χ3n) is 5.41. The molecule has 0 unspecified atom stereocenters. The highest BCUT2D eigenvalue weighted by molar-refractivity contribution is 7.18. The molecule has 1 aliphatic carbocycles. The molecule has 2 heterocycles. The number of fused-ring (bicyclic) bond motifs is 3. The van der Waals surface area contributed by atoms with E-state index in [4.69, 9.17) is 0 Å². The molecule has 4 rings (SSSR count). The smallest absolute Gasteiger partial charge is 0.262 e. The summed E-state index contributed by atoms with van der Waals surface area (Å²) in [5.74, 6) is 0.391. The number of ketones is 1. The zero-order chi connectivity index (χ0) is 20.5. The number of nitrogens with one attached hydrogen (secondary N) is 1. The monoisotopic (exact) mass is 409 g/mol. The lowest BCUT2D eigenvalue weighted by Crippen LogP contribution is -2.25. The number of benzene rings is 1. The van der Waals surface area contributed by atoms with Gasteiger partial charge in [-0.2, -0.15) is 0 Å². The number of carbonyl (C=O) groups is 2. The van der Waals surface area contributed by atoms with E-state index in [0.29, 0.717) is 23.4 Å². The van der Waals surface area contributed by atoms with Crippen molar-refractivity contribution in [3.8, 4) is 0 Å². The molecule has 1 N–H and O–H groups in total. The van der Waals surface area contributed by atoms with Crippen molar-refractivity contribution in [2.75, 3.05) is 0 Å². The van der Waals surface area contributed by atoms with E-state index in [-0.39, 0.29) is 23.8 Å². The lowest BCUT2D eigenvalue weighted by Gasteiger charge is -2.17. The van der Waals surface area contributed by atoms with Crippen LogP contribution in [0.1, 0.15) is 46.6 Å². The Bertz CT molecular complexity index is 1140. The Hall–Kier alpha value is -2.80. The second kappa shape index (κ2) is 7.91. The minimum absolute atomic E-state index is 0.0339. The maximum absolute atomic E-state index is 13.1. The van der Waals surface area contributed by atoms with E-state index in [1.54, 1.807) is 23.5 Å². The Labute approximate surface area is 172 Å². The molecule has 2 aromatic heterocycles. The fourth-order valence-electron chi connectivity index (χ4n) is 3.76. The topological polar surface area (TPSA) is 81.1 Å². The summed E-state index contributed by atoms with van der Waals surface area (Å²) >= 11 is 1.61. The first kappa shape index (κ1) is 19.5. The van der Waals surface area contributed by atoms with Gasteiger partial charge in [-0.15, -0.1) is 11.3 Å². The average molecular weight is 410 g/mol. The molecule has 0 bridgehead atoms. The number of aromatic nitrogens is 2. The zero-order valence-electron chi connectivity index (χ0n) is 16.5. The molecule has 3 aromatic rings. The van der Waals surface area contributed by atoms with E-state index < -0.39 is 0 Å². The summed E-state index contributed by atoms with van der Waals surface area (Å²) in [7, 11) is 0. The molecule has 0 spiro atoms. The molecule has 1 atom stereocenters. The molecule has 0 saturated heterocycles. The first-order valence-electron chi connectivity index (χ1n) is 9.78. The van der Waals surface area contributed by atoms with Gasteiger partial charge in [-0.3, -0.25) is 19.0 Å². The molecular weight excluding hydrogens is 386 g/mol. The van der Waals surface area contributed by atoms with E-state index in [1.165, 1.54) is 22.7 Å². The second-order valence-corrected chi connectivity index (χ2v) is 8.82. The van der Waals surface area contributed by atoms with Crippen molar-refractivity contribution in [2.45, 2.75) is 46.2 Å². The van der Waals surface area contributed by atoms with Crippen molar-refractivity contribution in [2.24, 2.45) is 5.92 Å². The van der Waals surface area contributed by atoms with E-state index in [9.17, 15) is 14.4 Å². The molecular formula is C22H23N3O3S. The quantitative estimate of drug-likeness (QED) is 0.657. The summed E-state index contributed by atoms with van der Waals surface area (Å²) in [6, 6.07) is 7.07. The lowest BCUT2D eigenvalue weighted by atomic mass is 9.89. The van der Waals surface area contributed by atoms with Gasteiger partial charge in [0.25, 0.3) is 5.56 Å². The number of Topliss-reactive ketones (excluding diaryl/α,β-unsaturated/α-hetero) is 1. The molecule has 1 amide bonds. The summed E-state index contributed by atoms with van der Waals surface area (Å²) in [4.78, 5) is 43.3. The fraction of sp³-hybridized carbons (Fsp3) is 0.364. The Morgan fingerprint density at radius 2 is 2.03 bits per heavy atom. The van der Waals surface area contributed by atoms with Gasteiger partial charge in [-0.05, 0) is 36.3 Å². The van der Waals surface area contributed by atoms with Crippen molar-refractivity contribution in [3.63, 3.8) is 0 Å². The summed E-state index contributed by atoms with van der Waals surface area (Å²) in [5, 5.41) is 3.42. The molecule has 0 radical (unpaired) electrons. The van der Waals surface area contributed by atoms with Gasteiger partial charge in [0.15, 0.2) is 5.78 Å². The molecule has 1 aromatic carbocycles. The Balaban J connectivity index is 1.56. The van der Waals surface area contributed by atoms with Crippen molar-refractivity contribution >= 4 is 33.2 Å². The molecule has 0 fully saturated rings. The van der Waals surface area contributed by atoms with Crippen LogP contribution in [0.3, 0.4) is 0 Å². The molecule has 7 heteroatoms. The van der Waals surface area contributed by atoms with Crippen molar-refractivity contribution < 1.29 is 9.59 Å². The van der Waals surface area contributed by atoms with Gasteiger partial charge in [0.05, 0.1) is 18.3 Å². The summed E-state index contributed by atoms with van der Waals surface area (Å²) < 4.78 is 1.42. The number of amides is 1. The third-order valence-corrected chi connectivity index (χ3v) is 6.58. The first-order valence-corrected chi connectivity index (χ1v) is 10.6. The zero-order valence-corrected chi connectivity index (χ0v) is 17.3. The summed E-state index contributed by atoms with van der Waals surface area (Å²) in [6.45, 7) is 4.09. The number of rotatable bonds is 5. The normalized spacial score (nSPS) is 15.9. The van der Waals surface area contributed by atoms with Crippen LogP contribution in [0.5, 0.6) is 0 Å². The van der Waals surface area contributed by atoms with Crippen LogP contribution in [0.15, 0.2) is 35.4 Å². The van der Waals surface area contributed by atoms with Crippen molar-refractivity contribution in [1.29, 1.82) is 0 Å². The van der Waals surface area contributed by atoms with E-state index in [0.717, 1.165) is 35.2 Å². The predicted octanol–water partition coefficient (Wildman–Crippen LogP) is 3.10. The minimum atomic E-state index is -0.142. The number of thiophene rings is 1. The summed E-state index contributed by atoms with van der Waals surface area (Å²) in [5.41, 5.74) is 2.45. The van der Waals surface area contributed by atoms with Crippen LogP contribution in [-0.2, 0) is 30.7 Å². The van der Waals surface area contributed by atoms with Crippen LogP contribution in [0.4, 0.5) is 0 Å². The molecule has 1 aliphatic rings. The van der Waals surface area contributed by atoms with Crippen LogP contribution in [-0.4, -0.2) is 21.2 Å². The van der Waals surface area contributed by atoms with Gasteiger partial charge in [0.1, 0.15) is 4.83 Å². The van der Waals surface area contributed by atoms with Crippen LogP contribution in [0, 0.1) is 5.92 Å². The molecule has 6 nitrogen and oxygen atoms in total. The maximum atomic E-state index is 13.1. The molecule has 0 aliphatic heterocycles. The summed E-state index contributed by atoms with van der Waals surface area (Å²) in [6.07, 6.45) is 4.47. The standard InChI is InChI=1S/C22H23N3O3S/c1-13-3-8-17-19(9-13)29-21-20(17)22(28)25(12-24-21)11-18(27)16-6-4-15(5-7-16)10-23-14(2)26/h4-7,12-13H,3,8-11H2,1-2H3,(H,23,26)/t13-/m1/s1. The van der Waals surface area contributed by atoms with Crippen molar-refractivity contribution in [1.82, 2.24) is 14.9 Å². The second-order valence-electron chi connectivity index (χ2n) is 7.74. The Kier molecular flexibility index (Phi) is 5.32. The lowest BCUT2D eigenvalue weighted by molar-refractivity contribution is -0.119. The van der Waals surface area contributed by atoms with E-state index >= 15 is 0 Å². The number of nitrogens with zero attached hydrogens (tertiary/aromatic N) is 2. The minimum Gasteiger partial charge on any atom is -0.352 e. The van der Waals surface area contributed by atoms with Crippen molar-refractivity contribution in [3.05, 3.63) is 62.5 Å². The first-order chi connectivity index (χ1) is 13.9. The predicted molar refractivity (Wildman–Crippen MR) is 113 cm³/mol. The molecule has 0 saturated carbocycles. The van der Waals surface area contributed by atoms with Crippen LogP contribution in [0.25, 0.3) is 10.2 Å². The van der Waals surface area contributed by atoms with Gasteiger partial charge in [0, 0.05) is 23.9 Å². The largest absolute Gasteiger partial charge is 0.352 e. The van der Waals surface area contributed by atoms with E-state index in [1.807, 2.05) is 12.1 Å². The van der Waals surface area contributed by atoms with Crippen LogP contribution >= 0.6 is 11.3 Å². The fourth-order valence-corrected chi connectivity index (χ4v) is 5.10. The van der Waals surface area contributed by atoms with Crippen LogP contribution in [0.2, 0.25) is 0 Å². The van der Waals surface area contributed by atoms with Gasteiger partial charge in [0.2, 0.25) is 5.91 Å². The number of carbonyl (C=O) groups excluding carboxylic acids is 2. The maximum Gasteiger partial charge on any atom is 0.262 e. The highest BCUT2D eigenvalue weighted by Crippen LogP contribution is 2.35. The third kappa shape index (κ3) is 4.00. The average Bonchev–Trinajstić information content (AvgIpc) is 3.07. The number of hydrogen-bond donors (Lipinski definition) is 1. The number of hydrogen-bond acceptors (Lipinski definition) is 5. The van der Waals surface area contributed by atoms with E-state index in [2.05, 4.69) is 17.2 Å². The highest BCUT2D eigenvalue weighted by Gasteiger charge is 2.23. The van der Waals surface area contributed by atoms with Crippen LogP contribution < -0.4 is 10.9 Å². The Morgan fingerprint density at radius 1 is 1.28 bits per heavy atom. The highest BCUT2D eigenvalue weighted by atomic mass is 32.1.